The van der Waals surface area contributed by atoms with Gasteiger partial charge in [-0.3, -0.25) is 14.5 Å². The molecule has 2 amide bonds. The van der Waals surface area contributed by atoms with Crippen LogP contribution in [-0.2, 0) is 16.0 Å². The van der Waals surface area contributed by atoms with Crippen LogP contribution in [0.5, 0.6) is 5.75 Å². The number of carbonyl (C=O) groups excluding carboxylic acids is 2. The van der Waals surface area contributed by atoms with Crippen molar-refractivity contribution >= 4 is 17.5 Å². The molecule has 0 aliphatic carbocycles. The van der Waals surface area contributed by atoms with Crippen molar-refractivity contribution in [3.8, 4) is 5.75 Å². The second-order valence-electron chi connectivity index (χ2n) is 6.15. The summed E-state index contributed by atoms with van der Waals surface area (Å²) in [5, 5.41) is 2.89. The Labute approximate surface area is 151 Å². The highest BCUT2D eigenvalue weighted by Crippen LogP contribution is 2.27. The molecular formula is C20H21FN2O3. The van der Waals surface area contributed by atoms with E-state index in [1.165, 1.54) is 29.2 Å². The van der Waals surface area contributed by atoms with Crippen LogP contribution in [0.3, 0.4) is 0 Å². The topological polar surface area (TPSA) is 58.6 Å². The standard InChI is InChI=1S/C20H21FN2O3/c1-26-18-5-3-2-4-14(18)12-13-22-20(25)17-10-11-19(24)23(17)16-8-6-15(21)7-9-16/h2-9,17H,10-13H2,1H3,(H,22,25). The molecule has 1 aliphatic rings. The summed E-state index contributed by atoms with van der Waals surface area (Å²) in [5.74, 6) is 0.0838. The van der Waals surface area contributed by atoms with E-state index < -0.39 is 6.04 Å². The third kappa shape index (κ3) is 3.85. The molecule has 1 fully saturated rings. The quantitative estimate of drug-likeness (QED) is 0.866. The van der Waals surface area contributed by atoms with Gasteiger partial charge >= 0.3 is 0 Å². The van der Waals surface area contributed by atoms with Gasteiger partial charge in [0.25, 0.3) is 0 Å². The number of anilines is 1. The van der Waals surface area contributed by atoms with Crippen molar-refractivity contribution in [1.29, 1.82) is 0 Å². The molecule has 0 spiro atoms. The van der Waals surface area contributed by atoms with Gasteiger partial charge in [0.2, 0.25) is 11.8 Å². The highest BCUT2D eigenvalue weighted by Gasteiger charge is 2.36. The van der Waals surface area contributed by atoms with Crippen LogP contribution >= 0.6 is 0 Å². The van der Waals surface area contributed by atoms with E-state index in [-0.39, 0.29) is 17.6 Å². The van der Waals surface area contributed by atoms with E-state index in [0.29, 0.717) is 31.5 Å². The van der Waals surface area contributed by atoms with Gasteiger partial charge in [-0.1, -0.05) is 18.2 Å². The van der Waals surface area contributed by atoms with Crippen LogP contribution < -0.4 is 15.0 Å². The largest absolute Gasteiger partial charge is 0.496 e. The number of hydrogen-bond acceptors (Lipinski definition) is 3. The Balaban J connectivity index is 1.63. The first-order valence-electron chi connectivity index (χ1n) is 8.57. The van der Waals surface area contributed by atoms with E-state index >= 15 is 0 Å². The zero-order valence-electron chi connectivity index (χ0n) is 14.6. The van der Waals surface area contributed by atoms with Gasteiger partial charge < -0.3 is 10.1 Å². The number of benzene rings is 2. The van der Waals surface area contributed by atoms with E-state index in [1.807, 2.05) is 24.3 Å². The summed E-state index contributed by atoms with van der Waals surface area (Å²) in [5.41, 5.74) is 1.55. The normalized spacial score (nSPS) is 16.6. The number of para-hydroxylation sites is 1. The Morgan fingerprint density at radius 1 is 1.23 bits per heavy atom. The molecule has 136 valence electrons. The molecule has 6 heteroatoms. The van der Waals surface area contributed by atoms with Crippen molar-refractivity contribution in [3.63, 3.8) is 0 Å². The summed E-state index contributed by atoms with van der Waals surface area (Å²) in [6.07, 6.45) is 1.39. The fourth-order valence-electron chi connectivity index (χ4n) is 3.21. The molecule has 2 aromatic carbocycles. The van der Waals surface area contributed by atoms with Crippen molar-refractivity contribution in [2.45, 2.75) is 25.3 Å². The van der Waals surface area contributed by atoms with Crippen LogP contribution in [0.1, 0.15) is 18.4 Å². The minimum absolute atomic E-state index is 0.124. The zero-order valence-corrected chi connectivity index (χ0v) is 14.6. The highest BCUT2D eigenvalue weighted by molar-refractivity contribution is 6.03. The summed E-state index contributed by atoms with van der Waals surface area (Å²) in [7, 11) is 1.61. The third-order valence-corrected chi connectivity index (χ3v) is 4.51. The average Bonchev–Trinajstić information content (AvgIpc) is 3.04. The second-order valence-corrected chi connectivity index (χ2v) is 6.15. The summed E-state index contributed by atoms with van der Waals surface area (Å²) >= 11 is 0. The summed E-state index contributed by atoms with van der Waals surface area (Å²) in [4.78, 5) is 26.2. The van der Waals surface area contributed by atoms with Gasteiger partial charge in [0.15, 0.2) is 0 Å². The molecule has 0 aromatic heterocycles. The van der Waals surface area contributed by atoms with E-state index in [4.69, 9.17) is 4.74 Å². The molecule has 0 radical (unpaired) electrons. The maximum atomic E-state index is 13.1. The zero-order chi connectivity index (χ0) is 18.5. The molecule has 26 heavy (non-hydrogen) atoms. The van der Waals surface area contributed by atoms with Gasteiger partial charge in [-0.25, -0.2) is 4.39 Å². The molecule has 0 saturated carbocycles. The Morgan fingerprint density at radius 2 is 1.96 bits per heavy atom. The lowest BCUT2D eigenvalue weighted by atomic mass is 10.1. The number of carbonyl (C=O) groups is 2. The molecule has 1 atom stereocenters. The molecule has 2 aromatic rings. The number of hydrogen-bond donors (Lipinski definition) is 1. The summed E-state index contributed by atoms with van der Waals surface area (Å²) in [6.45, 7) is 0.446. The second kappa shape index (κ2) is 7.99. The van der Waals surface area contributed by atoms with Crippen molar-refractivity contribution in [2.75, 3.05) is 18.6 Å². The van der Waals surface area contributed by atoms with E-state index in [9.17, 15) is 14.0 Å². The minimum Gasteiger partial charge on any atom is -0.496 e. The number of nitrogens with one attached hydrogen (secondary N) is 1. The smallest absolute Gasteiger partial charge is 0.243 e. The van der Waals surface area contributed by atoms with Gasteiger partial charge in [-0.2, -0.15) is 0 Å². The van der Waals surface area contributed by atoms with Gasteiger partial charge in [0, 0.05) is 18.7 Å². The maximum absolute atomic E-state index is 13.1. The molecule has 1 unspecified atom stereocenters. The van der Waals surface area contributed by atoms with Crippen LogP contribution in [0.2, 0.25) is 0 Å². The summed E-state index contributed by atoms with van der Waals surface area (Å²) < 4.78 is 18.4. The monoisotopic (exact) mass is 356 g/mol. The Kier molecular flexibility index (Phi) is 5.51. The van der Waals surface area contributed by atoms with Crippen LogP contribution in [0, 0.1) is 5.82 Å². The number of ether oxygens (including phenoxy) is 1. The average molecular weight is 356 g/mol. The number of methoxy groups -OCH3 is 1. The first-order valence-corrected chi connectivity index (χ1v) is 8.57. The van der Waals surface area contributed by atoms with Crippen LogP contribution in [-0.4, -0.2) is 31.5 Å². The molecule has 3 rings (SSSR count). The first kappa shape index (κ1) is 17.9. The minimum atomic E-state index is -0.564. The molecule has 1 heterocycles. The molecule has 5 nitrogen and oxygen atoms in total. The lowest BCUT2D eigenvalue weighted by molar-refractivity contribution is -0.123. The first-order chi connectivity index (χ1) is 12.6. The summed E-state index contributed by atoms with van der Waals surface area (Å²) in [6, 6.07) is 12.7. The van der Waals surface area contributed by atoms with Gasteiger partial charge in [-0.05, 0) is 48.7 Å². The van der Waals surface area contributed by atoms with E-state index in [1.54, 1.807) is 7.11 Å². The number of rotatable bonds is 6. The molecular weight excluding hydrogens is 335 g/mol. The predicted octanol–water partition coefficient (Wildman–Crippen LogP) is 2.69. The SMILES string of the molecule is COc1ccccc1CCNC(=O)C1CCC(=O)N1c1ccc(F)cc1. The third-order valence-electron chi connectivity index (χ3n) is 4.51. The maximum Gasteiger partial charge on any atom is 0.243 e. The van der Waals surface area contributed by atoms with E-state index in [0.717, 1.165) is 11.3 Å². The number of nitrogens with zero attached hydrogens (tertiary/aromatic N) is 1. The van der Waals surface area contributed by atoms with Crippen molar-refractivity contribution in [3.05, 3.63) is 59.9 Å². The van der Waals surface area contributed by atoms with Gasteiger partial charge in [0.05, 0.1) is 7.11 Å². The van der Waals surface area contributed by atoms with Crippen molar-refractivity contribution < 1.29 is 18.7 Å². The lowest BCUT2D eigenvalue weighted by Crippen LogP contribution is -2.45. The number of halogens is 1. The van der Waals surface area contributed by atoms with Crippen molar-refractivity contribution in [2.24, 2.45) is 0 Å². The molecule has 0 bridgehead atoms. The van der Waals surface area contributed by atoms with Crippen LogP contribution in [0.25, 0.3) is 0 Å². The predicted molar refractivity (Wildman–Crippen MR) is 96.6 cm³/mol. The molecule has 1 aliphatic heterocycles. The Hall–Kier alpha value is -2.89. The molecule has 1 saturated heterocycles. The highest BCUT2D eigenvalue weighted by atomic mass is 19.1. The van der Waals surface area contributed by atoms with Crippen LogP contribution in [0.4, 0.5) is 10.1 Å². The number of amides is 2. The Morgan fingerprint density at radius 3 is 2.69 bits per heavy atom. The van der Waals surface area contributed by atoms with Crippen LogP contribution in [0.15, 0.2) is 48.5 Å². The fourth-order valence-corrected chi connectivity index (χ4v) is 3.21. The molecule has 1 N–H and O–H groups in total. The van der Waals surface area contributed by atoms with Crippen molar-refractivity contribution in [1.82, 2.24) is 5.32 Å². The fraction of sp³-hybridized carbons (Fsp3) is 0.300. The lowest BCUT2D eigenvalue weighted by Gasteiger charge is -2.24. The van der Waals surface area contributed by atoms with Gasteiger partial charge in [-0.15, -0.1) is 0 Å². The van der Waals surface area contributed by atoms with E-state index in [2.05, 4.69) is 5.32 Å². The Bertz CT molecular complexity index is 792. The van der Waals surface area contributed by atoms with Gasteiger partial charge in [0.1, 0.15) is 17.6 Å².